The van der Waals surface area contributed by atoms with Gasteiger partial charge in [-0.25, -0.2) is 0 Å². The van der Waals surface area contributed by atoms with Crippen LogP contribution in [-0.4, -0.2) is 65.1 Å². The minimum absolute atomic E-state index is 0.0778. The predicted molar refractivity (Wildman–Crippen MR) is 119 cm³/mol. The van der Waals surface area contributed by atoms with Crippen LogP contribution in [-0.2, 0) is 20.9 Å². The van der Waals surface area contributed by atoms with Crippen LogP contribution in [0.4, 0.5) is 5.69 Å². The minimum atomic E-state index is -0.666. The number of carbonyl (C=O) groups is 4. The first kappa shape index (κ1) is 22.4. The summed E-state index contributed by atoms with van der Waals surface area (Å²) in [6.07, 6.45) is 4.77. The van der Waals surface area contributed by atoms with Crippen molar-refractivity contribution in [2.75, 3.05) is 25.0 Å². The molecule has 0 radical (unpaired) electrons. The van der Waals surface area contributed by atoms with E-state index in [1.54, 1.807) is 18.2 Å². The van der Waals surface area contributed by atoms with Gasteiger partial charge in [-0.3, -0.25) is 24.5 Å². The Morgan fingerprint density at radius 3 is 2.66 bits per heavy atom. The van der Waals surface area contributed by atoms with E-state index < -0.39 is 11.9 Å². The highest BCUT2D eigenvalue weighted by Crippen LogP contribution is 2.32. The Morgan fingerprint density at radius 1 is 1.12 bits per heavy atom. The number of hydrogen-bond donors (Lipinski definition) is 3. The molecular weight excluding hydrogens is 410 g/mol. The molecule has 3 heterocycles. The molecular formula is C23H31N5O4. The van der Waals surface area contributed by atoms with Crippen LogP contribution in [0.2, 0.25) is 0 Å². The number of anilines is 1. The van der Waals surface area contributed by atoms with E-state index in [1.807, 2.05) is 0 Å². The number of hydrogen-bond acceptors (Lipinski definition) is 6. The molecule has 1 atom stereocenters. The number of benzene rings is 1. The van der Waals surface area contributed by atoms with E-state index in [0.717, 1.165) is 50.9 Å². The molecule has 2 fully saturated rings. The standard InChI is InChI=1S/C23H31N5O4/c24-15-9-12-27(13-10-15)11-2-1-6-20(29)25-18-5-3-4-16-17(18)14-28(23(16)32)19-7-8-21(30)26-22(19)31/h3-5,15,19H,1-2,6-14,24H2,(H,25,29)(H,26,30,31). The first-order chi connectivity index (χ1) is 15.4. The third-order valence-electron chi connectivity index (χ3n) is 6.62. The zero-order valence-corrected chi connectivity index (χ0v) is 18.3. The number of fused-ring (bicyclic) bond motifs is 1. The van der Waals surface area contributed by atoms with Crippen LogP contribution in [0.25, 0.3) is 0 Å². The number of nitrogens with two attached hydrogens (primary N) is 1. The summed E-state index contributed by atoms with van der Waals surface area (Å²) in [5.41, 5.74) is 7.77. The Morgan fingerprint density at radius 2 is 1.91 bits per heavy atom. The van der Waals surface area contributed by atoms with Crippen molar-refractivity contribution >= 4 is 29.3 Å². The maximum absolute atomic E-state index is 12.9. The van der Waals surface area contributed by atoms with Gasteiger partial charge >= 0.3 is 0 Å². The van der Waals surface area contributed by atoms with Gasteiger partial charge in [-0.15, -0.1) is 0 Å². The van der Waals surface area contributed by atoms with Gasteiger partial charge in [-0.05, 0) is 63.9 Å². The third kappa shape index (κ3) is 4.99. The lowest BCUT2D eigenvalue weighted by atomic mass is 10.0. The summed E-state index contributed by atoms with van der Waals surface area (Å²) in [5.74, 6) is -1.08. The van der Waals surface area contributed by atoms with Gasteiger partial charge < -0.3 is 20.9 Å². The molecule has 9 nitrogen and oxygen atoms in total. The van der Waals surface area contributed by atoms with Crippen LogP contribution < -0.4 is 16.4 Å². The summed E-state index contributed by atoms with van der Waals surface area (Å²) < 4.78 is 0. The van der Waals surface area contributed by atoms with Gasteiger partial charge in [0.05, 0.1) is 0 Å². The summed E-state index contributed by atoms with van der Waals surface area (Å²) in [4.78, 5) is 52.9. The summed E-state index contributed by atoms with van der Waals surface area (Å²) in [6.45, 7) is 3.28. The normalized spacial score (nSPS) is 22.1. The smallest absolute Gasteiger partial charge is 0.255 e. The van der Waals surface area contributed by atoms with Gasteiger partial charge in [0.1, 0.15) is 6.04 Å². The monoisotopic (exact) mass is 441 g/mol. The van der Waals surface area contributed by atoms with Crippen LogP contribution in [0.3, 0.4) is 0 Å². The Balaban J connectivity index is 1.30. The Labute approximate surface area is 187 Å². The molecule has 2 saturated heterocycles. The number of imide groups is 1. The van der Waals surface area contributed by atoms with Crippen LogP contribution in [0.15, 0.2) is 18.2 Å². The number of nitrogens with one attached hydrogen (secondary N) is 2. The van der Waals surface area contributed by atoms with Gasteiger partial charge in [0, 0.05) is 42.2 Å². The van der Waals surface area contributed by atoms with Gasteiger partial charge in [0.2, 0.25) is 17.7 Å². The molecule has 32 heavy (non-hydrogen) atoms. The SMILES string of the molecule is NC1CCN(CCCCC(=O)Nc2cccc3c2CN(C2CCC(=O)NC2=O)C3=O)CC1. The second-order valence-electron chi connectivity index (χ2n) is 8.92. The van der Waals surface area contributed by atoms with Gasteiger partial charge in [0.25, 0.3) is 5.91 Å². The molecule has 1 unspecified atom stereocenters. The van der Waals surface area contributed by atoms with E-state index in [4.69, 9.17) is 5.73 Å². The lowest BCUT2D eigenvalue weighted by molar-refractivity contribution is -0.137. The van der Waals surface area contributed by atoms with Crippen LogP contribution in [0.5, 0.6) is 0 Å². The topological polar surface area (TPSA) is 125 Å². The summed E-state index contributed by atoms with van der Waals surface area (Å²) in [6, 6.07) is 4.89. The molecule has 1 aromatic carbocycles. The van der Waals surface area contributed by atoms with Crippen molar-refractivity contribution in [2.45, 2.75) is 63.6 Å². The first-order valence-corrected chi connectivity index (χ1v) is 11.5. The molecule has 0 aliphatic carbocycles. The highest BCUT2D eigenvalue weighted by molar-refractivity contribution is 6.06. The van der Waals surface area contributed by atoms with Crippen molar-refractivity contribution < 1.29 is 19.2 Å². The maximum atomic E-state index is 12.9. The second-order valence-corrected chi connectivity index (χ2v) is 8.92. The number of rotatable bonds is 7. The molecule has 0 spiro atoms. The van der Waals surface area contributed by atoms with E-state index in [9.17, 15) is 19.2 Å². The molecule has 3 aliphatic rings. The number of amides is 4. The molecule has 4 amide bonds. The highest BCUT2D eigenvalue weighted by Gasteiger charge is 2.39. The lowest BCUT2D eigenvalue weighted by Gasteiger charge is -2.29. The van der Waals surface area contributed by atoms with Gasteiger partial charge in [-0.2, -0.15) is 0 Å². The fraction of sp³-hybridized carbons (Fsp3) is 0.565. The quantitative estimate of drug-likeness (QED) is 0.428. The average molecular weight is 442 g/mol. The molecule has 0 saturated carbocycles. The van der Waals surface area contributed by atoms with E-state index >= 15 is 0 Å². The summed E-state index contributed by atoms with van der Waals surface area (Å²) in [7, 11) is 0. The lowest BCUT2D eigenvalue weighted by Crippen LogP contribution is -2.52. The number of unbranched alkanes of at least 4 members (excludes halogenated alkanes) is 1. The first-order valence-electron chi connectivity index (χ1n) is 11.5. The molecule has 0 aromatic heterocycles. The highest BCUT2D eigenvalue weighted by atomic mass is 16.2. The van der Waals surface area contributed by atoms with E-state index in [2.05, 4.69) is 15.5 Å². The zero-order valence-electron chi connectivity index (χ0n) is 18.3. The number of nitrogens with zero attached hydrogens (tertiary/aromatic N) is 2. The van der Waals surface area contributed by atoms with Crippen molar-refractivity contribution in [1.82, 2.24) is 15.1 Å². The van der Waals surface area contributed by atoms with Gasteiger partial charge in [-0.1, -0.05) is 6.07 Å². The minimum Gasteiger partial charge on any atom is -0.328 e. The third-order valence-corrected chi connectivity index (χ3v) is 6.62. The molecule has 172 valence electrons. The van der Waals surface area contributed by atoms with Crippen molar-refractivity contribution in [3.63, 3.8) is 0 Å². The number of likely N-dealkylation sites (tertiary alicyclic amines) is 1. The molecule has 1 aromatic rings. The predicted octanol–water partition coefficient (Wildman–Crippen LogP) is 0.979. The maximum Gasteiger partial charge on any atom is 0.255 e. The van der Waals surface area contributed by atoms with E-state index in [0.29, 0.717) is 30.1 Å². The van der Waals surface area contributed by atoms with E-state index in [1.165, 1.54) is 4.90 Å². The van der Waals surface area contributed by atoms with Gasteiger partial charge in [0.15, 0.2) is 0 Å². The van der Waals surface area contributed by atoms with Crippen LogP contribution in [0, 0.1) is 0 Å². The van der Waals surface area contributed by atoms with Crippen molar-refractivity contribution in [3.8, 4) is 0 Å². The fourth-order valence-corrected chi connectivity index (χ4v) is 4.71. The molecule has 3 aliphatic heterocycles. The Kier molecular flexibility index (Phi) is 6.86. The van der Waals surface area contributed by atoms with E-state index in [-0.39, 0.29) is 30.7 Å². The molecule has 9 heteroatoms. The largest absolute Gasteiger partial charge is 0.328 e. The molecule has 4 N–H and O–H groups in total. The Hall–Kier alpha value is -2.78. The average Bonchev–Trinajstić information content (AvgIpc) is 3.10. The van der Waals surface area contributed by atoms with Crippen molar-refractivity contribution in [2.24, 2.45) is 5.73 Å². The van der Waals surface area contributed by atoms with Crippen LogP contribution in [0.1, 0.15) is 60.9 Å². The Bertz CT molecular complexity index is 910. The fourth-order valence-electron chi connectivity index (χ4n) is 4.71. The van der Waals surface area contributed by atoms with Crippen molar-refractivity contribution in [3.05, 3.63) is 29.3 Å². The zero-order chi connectivity index (χ0) is 22.7. The van der Waals surface area contributed by atoms with Crippen molar-refractivity contribution in [1.29, 1.82) is 0 Å². The van der Waals surface area contributed by atoms with Crippen LogP contribution >= 0.6 is 0 Å². The molecule has 0 bridgehead atoms. The molecule has 4 rings (SSSR count). The number of piperidine rings is 2. The number of carbonyl (C=O) groups excluding carboxylic acids is 4. The summed E-state index contributed by atoms with van der Waals surface area (Å²) in [5, 5.41) is 5.25. The second kappa shape index (κ2) is 9.79. The summed E-state index contributed by atoms with van der Waals surface area (Å²) >= 11 is 0.